The lowest BCUT2D eigenvalue weighted by Crippen LogP contribution is -2.21. The van der Waals surface area contributed by atoms with Crippen molar-refractivity contribution in [3.63, 3.8) is 0 Å². The van der Waals surface area contributed by atoms with Crippen molar-refractivity contribution in [2.45, 2.75) is 19.9 Å². The van der Waals surface area contributed by atoms with Crippen molar-refractivity contribution < 1.29 is 4.39 Å². The monoisotopic (exact) mass is 362 g/mol. The average molecular weight is 362 g/mol. The zero-order valence-corrected chi connectivity index (χ0v) is 14.5. The van der Waals surface area contributed by atoms with E-state index in [4.69, 9.17) is 0 Å². The number of aromatic amines is 1. The van der Waals surface area contributed by atoms with Crippen molar-refractivity contribution in [3.05, 3.63) is 70.4 Å². The number of H-pyrrole nitrogens is 1. The zero-order valence-electron chi connectivity index (χ0n) is 14.5. The second-order valence-corrected chi connectivity index (χ2v) is 6.50. The molecule has 0 aliphatic carbocycles. The number of nitrogens with zero attached hydrogens (tertiary/aromatic N) is 5. The Labute approximate surface area is 152 Å². The fraction of sp³-hybridized carbons (Fsp3) is 0.158. The molecule has 0 amide bonds. The van der Waals surface area contributed by atoms with E-state index in [0.29, 0.717) is 35.5 Å². The Balaban J connectivity index is 1.53. The van der Waals surface area contributed by atoms with Gasteiger partial charge < -0.3 is 9.55 Å². The quantitative estimate of drug-likeness (QED) is 0.535. The third kappa shape index (κ3) is 2.49. The van der Waals surface area contributed by atoms with E-state index >= 15 is 0 Å². The summed E-state index contributed by atoms with van der Waals surface area (Å²) in [6.45, 7) is 2.26. The van der Waals surface area contributed by atoms with Crippen LogP contribution in [0.15, 0.2) is 47.7 Å². The van der Waals surface area contributed by atoms with Gasteiger partial charge in [0.1, 0.15) is 11.6 Å². The van der Waals surface area contributed by atoms with E-state index in [2.05, 4.69) is 20.1 Å². The molecule has 8 heteroatoms. The van der Waals surface area contributed by atoms with Crippen molar-refractivity contribution in [1.82, 2.24) is 29.1 Å². The molecule has 134 valence electrons. The van der Waals surface area contributed by atoms with Gasteiger partial charge in [0.2, 0.25) is 0 Å². The van der Waals surface area contributed by atoms with Crippen LogP contribution in [-0.2, 0) is 13.0 Å². The average Bonchev–Trinajstić information content (AvgIpc) is 3.23. The molecule has 4 aromatic heterocycles. The Morgan fingerprint density at radius 3 is 3.00 bits per heavy atom. The van der Waals surface area contributed by atoms with Crippen LogP contribution in [-0.4, -0.2) is 29.1 Å². The van der Waals surface area contributed by atoms with Crippen LogP contribution in [0, 0.1) is 12.7 Å². The van der Waals surface area contributed by atoms with Gasteiger partial charge in [0.25, 0.3) is 11.3 Å². The highest BCUT2D eigenvalue weighted by molar-refractivity contribution is 5.83. The molecule has 0 spiro atoms. The predicted molar refractivity (Wildman–Crippen MR) is 99.2 cm³/mol. The highest BCUT2D eigenvalue weighted by atomic mass is 19.1. The Kier molecular flexibility index (Phi) is 3.33. The Bertz CT molecular complexity index is 1380. The number of fused-ring (bicyclic) bond motifs is 4. The third-order valence-electron chi connectivity index (χ3n) is 4.76. The minimum absolute atomic E-state index is 0.138. The van der Waals surface area contributed by atoms with Gasteiger partial charge in [-0.05, 0) is 43.2 Å². The van der Waals surface area contributed by atoms with E-state index in [1.165, 1.54) is 12.1 Å². The van der Waals surface area contributed by atoms with E-state index in [1.807, 2.05) is 12.3 Å². The van der Waals surface area contributed by atoms with Gasteiger partial charge in [-0.1, -0.05) is 0 Å². The Hall–Kier alpha value is -3.55. The fourth-order valence-corrected chi connectivity index (χ4v) is 3.43. The summed E-state index contributed by atoms with van der Waals surface area (Å²) in [6, 6.07) is 6.50. The molecule has 0 unspecified atom stereocenters. The molecular weight excluding hydrogens is 347 g/mol. The predicted octanol–water partition coefficient (Wildman–Crippen LogP) is 2.61. The summed E-state index contributed by atoms with van der Waals surface area (Å²) in [6.07, 6.45) is 5.75. The fourth-order valence-electron chi connectivity index (χ4n) is 3.43. The molecule has 0 aliphatic heterocycles. The number of aromatic nitrogens is 6. The van der Waals surface area contributed by atoms with Crippen LogP contribution in [0.4, 0.5) is 4.39 Å². The summed E-state index contributed by atoms with van der Waals surface area (Å²) in [5.41, 5.74) is 2.39. The van der Waals surface area contributed by atoms with Gasteiger partial charge in [0.05, 0.1) is 10.9 Å². The molecule has 7 nitrogen and oxygen atoms in total. The topological polar surface area (TPSA) is 80.9 Å². The van der Waals surface area contributed by atoms with Crippen LogP contribution in [0.1, 0.15) is 11.4 Å². The molecule has 0 aliphatic rings. The van der Waals surface area contributed by atoms with Crippen molar-refractivity contribution in [2.24, 2.45) is 0 Å². The summed E-state index contributed by atoms with van der Waals surface area (Å²) in [5.74, 6) is 0.799. The molecule has 0 bridgehead atoms. The third-order valence-corrected chi connectivity index (χ3v) is 4.76. The number of benzene rings is 1. The van der Waals surface area contributed by atoms with Gasteiger partial charge >= 0.3 is 0 Å². The van der Waals surface area contributed by atoms with Crippen molar-refractivity contribution in [3.8, 4) is 0 Å². The van der Waals surface area contributed by atoms with E-state index < -0.39 is 0 Å². The SMILES string of the molecule is Cc1nc2ncc3c(=O)n(CCc4c[nH]c5ccc(F)cc45)ccc3n2n1. The van der Waals surface area contributed by atoms with Crippen LogP contribution in [0.3, 0.4) is 0 Å². The molecule has 4 heterocycles. The molecule has 0 saturated carbocycles. The first kappa shape index (κ1) is 15.7. The lowest BCUT2D eigenvalue weighted by atomic mass is 10.1. The minimum atomic E-state index is -0.274. The highest BCUT2D eigenvalue weighted by Crippen LogP contribution is 2.20. The smallest absolute Gasteiger partial charge is 0.261 e. The summed E-state index contributed by atoms with van der Waals surface area (Å²) in [4.78, 5) is 24.4. The van der Waals surface area contributed by atoms with E-state index in [9.17, 15) is 9.18 Å². The number of nitrogens with one attached hydrogen (secondary N) is 1. The second kappa shape index (κ2) is 5.73. The standard InChI is InChI=1S/C19H15FN6O/c1-11-23-19-22-10-15-17(26(19)24-11)5-7-25(18(15)27)6-4-12-9-21-16-3-2-13(20)8-14(12)16/h2-3,5,7-10,21H,4,6H2,1H3. The van der Waals surface area contributed by atoms with E-state index in [1.54, 1.807) is 34.5 Å². The van der Waals surface area contributed by atoms with Crippen molar-refractivity contribution in [1.29, 1.82) is 0 Å². The van der Waals surface area contributed by atoms with Crippen LogP contribution in [0.5, 0.6) is 0 Å². The first-order chi connectivity index (χ1) is 13.1. The molecule has 5 aromatic rings. The van der Waals surface area contributed by atoms with Crippen LogP contribution < -0.4 is 5.56 Å². The number of rotatable bonds is 3. The van der Waals surface area contributed by atoms with Gasteiger partial charge in [-0.25, -0.2) is 9.37 Å². The van der Waals surface area contributed by atoms with Gasteiger partial charge in [0, 0.05) is 36.0 Å². The summed E-state index contributed by atoms with van der Waals surface area (Å²) >= 11 is 0. The summed E-state index contributed by atoms with van der Waals surface area (Å²) < 4.78 is 16.8. The minimum Gasteiger partial charge on any atom is -0.361 e. The first-order valence-electron chi connectivity index (χ1n) is 8.57. The van der Waals surface area contributed by atoms with E-state index in [0.717, 1.165) is 16.5 Å². The van der Waals surface area contributed by atoms with Gasteiger partial charge in [-0.3, -0.25) is 4.79 Å². The van der Waals surface area contributed by atoms with Gasteiger partial charge in [-0.15, -0.1) is 5.10 Å². The van der Waals surface area contributed by atoms with E-state index in [-0.39, 0.29) is 11.4 Å². The number of aryl methyl sites for hydroxylation is 3. The van der Waals surface area contributed by atoms with Gasteiger partial charge in [0.15, 0.2) is 0 Å². The maximum Gasteiger partial charge on any atom is 0.261 e. The normalized spacial score (nSPS) is 11.8. The molecule has 1 N–H and O–H groups in total. The van der Waals surface area contributed by atoms with Crippen LogP contribution in [0.2, 0.25) is 0 Å². The molecule has 27 heavy (non-hydrogen) atoms. The molecule has 1 aromatic carbocycles. The maximum absolute atomic E-state index is 13.5. The van der Waals surface area contributed by atoms with Crippen molar-refractivity contribution in [2.75, 3.05) is 0 Å². The molecule has 0 fully saturated rings. The summed E-state index contributed by atoms with van der Waals surface area (Å²) in [7, 11) is 0. The van der Waals surface area contributed by atoms with Crippen LogP contribution >= 0.6 is 0 Å². The lowest BCUT2D eigenvalue weighted by molar-refractivity contribution is 0.629. The summed E-state index contributed by atoms with van der Waals surface area (Å²) in [5, 5.41) is 5.62. The molecule has 5 rings (SSSR count). The van der Waals surface area contributed by atoms with Gasteiger partial charge in [-0.2, -0.15) is 9.50 Å². The van der Waals surface area contributed by atoms with Crippen molar-refractivity contribution >= 4 is 27.6 Å². The zero-order chi connectivity index (χ0) is 18.5. The molecular formula is C19H15FN6O. The number of hydrogen-bond donors (Lipinski definition) is 1. The maximum atomic E-state index is 13.5. The van der Waals surface area contributed by atoms with Crippen LogP contribution in [0.25, 0.3) is 27.6 Å². The lowest BCUT2D eigenvalue weighted by Gasteiger charge is -2.07. The molecule has 0 saturated heterocycles. The molecule has 0 atom stereocenters. The largest absolute Gasteiger partial charge is 0.361 e. The number of pyridine rings is 1. The number of halogens is 1. The first-order valence-corrected chi connectivity index (χ1v) is 8.57. The Morgan fingerprint density at radius 2 is 2.11 bits per heavy atom. The number of hydrogen-bond acceptors (Lipinski definition) is 4. The molecule has 0 radical (unpaired) electrons. The highest BCUT2D eigenvalue weighted by Gasteiger charge is 2.11. The Morgan fingerprint density at radius 1 is 1.22 bits per heavy atom. The second-order valence-electron chi connectivity index (χ2n) is 6.50.